The van der Waals surface area contributed by atoms with Gasteiger partial charge in [-0.15, -0.1) is 22.6 Å². The fourth-order valence-electron chi connectivity index (χ4n) is 9.35. The number of pyridine rings is 1. The van der Waals surface area contributed by atoms with Crippen molar-refractivity contribution in [3.8, 4) is 16.9 Å². The Morgan fingerprint density at radius 3 is 1.93 bits per heavy atom. The normalized spacial score (nSPS) is 12.6. The first-order chi connectivity index (χ1) is 28.4. The Bertz CT molecular complexity index is 2890. The molecule has 0 fully saturated rings. The Hall–Kier alpha value is -6.22. The van der Waals surface area contributed by atoms with Crippen molar-refractivity contribution in [3.63, 3.8) is 0 Å². The third kappa shape index (κ3) is 6.29. The average molecular weight is 944 g/mol. The van der Waals surface area contributed by atoms with Gasteiger partial charge in [-0.05, 0) is 96.8 Å². The molecule has 1 aliphatic heterocycles. The number of rotatable bonds is 8. The smallest absolute Gasteiger partial charge is 0.349 e. The number of aryl methyl sites for hydroxylation is 2. The molecule has 59 heavy (non-hydrogen) atoms. The maximum Gasteiger partial charge on any atom is 2.00 e. The molecule has 0 unspecified atom stereocenters. The second kappa shape index (κ2) is 15.5. The van der Waals surface area contributed by atoms with E-state index in [1.807, 2.05) is 6.20 Å². The Labute approximate surface area is 361 Å². The topological polar surface area (TPSA) is 24.3 Å². The number of nitrogens with zero attached hydrogens (tertiary/aromatic N) is 4. The van der Waals surface area contributed by atoms with E-state index in [0.29, 0.717) is 6.04 Å². The van der Waals surface area contributed by atoms with Crippen molar-refractivity contribution in [2.45, 2.75) is 39.2 Å². The van der Waals surface area contributed by atoms with E-state index in [4.69, 9.17) is 4.98 Å². The van der Waals surface area contributed by atoms with E-state index < -0.39 is 5.41 Å². The molecule has 1 aliphatic rings. The molecule has 0 amide bonds. The molecule has 0 aliphatic carbocycles. The molecule has 3 heterocycles. The van der Waals surface area contributed by atoms with E-state index in [0.717, 1.165) is 62.4 Å². The zero-order chi connectivity index (χ0) is 39.4. The quantitative estimate of drug-likeness (QED) is 0.112. The summed E-state index contributed by atoms with van der Waals surface area (Å²) in [7, 11) is 0. The zero-order valence-corrected chi connectivity index (χ0v) is 35.9. The van der Waals surface area contributed by atoms with Crippen LogP contribution in [0.1, 0.15) is 47.2 Å². The first-order valence-electron chi connectivity index (χ1n) is 20.2. The molecule has 5 heteroatoms. The van der Waals surface area contributed by atoms with Gasteiger partial charge in [-0.1, -0.05) is 120 Å². The van der Waals surface area contributed by atoms with Gasteiger partial charge in [-0.25, -0.2) is 4.98 Å². The van der Waals surface area contributed by atoms with Gasteiger partial charge in [-0.2, -0.15) is 36.4 Å². The van der Waals surface area contributed by atoms with Crippen LogP contribution in [0.3, 0.4) is 0 Å². The summed E-state index contributed by atoms with van der Waals surface area (Å²) in [5.41, 5.74) is 14.1. The number of anilines is 3. The predicted octanol–water partition coefficient (Wildman–Crippen LogP) is 12.8. The molecular formula is C54H44N4Pt. The van der Waals surface area contributed by atoms with E-state index in [-0.39, 0.29) is 21.1 Å². The van der Waals surface area contributed by atoms with Crippen LogP contribution in [0.2, 0.25) is 0 Å². The van der Waals surface area contributed by atoms with Crippen LogP contribution in [0.5, 0.6) is 0 Å². The minimum Gasteiger partial charge on any atom is -0.349 e. The third-order valence-corrected chi connectivity index (χ3v) is 12.0. The van der Waals surface area contributed by atoms with Gasteiger partial charge in [0.05, 0.1) is 18.0 Å². The Kier molecular flexibility index (Phi) is 10.1. The van der Waals surface area contributed by atoms with Crippen LogP contribution >= 0.6 is 0 Å². The molecular weight excluding hydrogens is 900 g/mol. The van der Waals surface area contributed by atoms with Crippen molar-refractivity contribution in [2.24, 2.45) is 0 Å². The average Bonchev–Trinajstić information content (AvgIpc) is 3.82. The summed E-state index contributed by atoms with van der Waals surface area (Å²) in [6, 6.07) is 69.7. The van der Waals surface area contributed by atoms with Gasteiger partial charge >= 0.3 is 21.1 Å². The number of aromatic nitrogens is 2. The summed E-state index contributed by atoms with van der Waals surface area (Å²) >= 11 is 0. The minimum absolute atomic E-state index is 0. The Morgan fingerprint density at radius 1 is 0.593 bits per heavy atom. The van der Waals surface area contributed by atoms with Crippen LogP contribution in [0, 0.1) is 26.0 Å². The van der Waals surface area contributed by atoms with Gasteiger partial charge < -0.3 is 14.4 Å². The van der Waals surface area contributed by atoms with E-state index >= 15 is 0 Å². The number of hydrogen-bond acceptors (Lipinski definition) is 3. The molecule has 0 atom stereocenters. The fourth-order valence-corrected chi connectivity index (χ4v) is 9.35. The molecule has 0 saturated heterocycles. The van der Waals surface area contributed by atoms with Crippen LogP contribution in [0.4, 0.5) is 17.1 Å². The molecule has 2 aromatic heterocycles. The van der Waals surface area contributed by atoms with Crippen molar-refractivity contribution in [2.75, 3.05) is 16.5 Å². The van der Waals surface area contributed by atoms with Gasteiger partial charge in [0.25, 0.3) is 0 Å². The molecule has 0 N–H and O–H groups in total. The summed E-state index contributed by atoms with van der Waals surface area (Å²) < 4.78 is 2.30. The van der Waals surface area contributed by atoms with Crippen molar-refractivity contribution in [1.29, 1.82) is 0 Å². The molecule has 0 saturated carbocycles. The van der Waals surface area contributed by atoms with Crippen LogP contribution < -0.4 is 9.80 Å². The standard InChI is InChI=1S/C54H44N4.Pt/c1-37(2)56-36-57(50-28-14-13-27-49(50)56)45-24-16-23-43(34-45)54(41-19-7-5-8-20-41,42-21-9-6-10-22-42)44-29-30-47-46-25-11-12-26-48(46)58(51(47)35-44)52-33-40(31-32-55-52)53-38(3)17-15-18-39(53)4;/h5-33,37H,36H2,1-4H3;/q-2;+2. The SMILES string of the molecule is Cc1cccc(C)c1-c1ccnc(-n2c3[c-]c(C(c4[c-]c(N5CN(C(C)C)c6ccccc65)ccc4)(c4ccccc4)c4ccccc4)ccc3c3ccccc32)c1.[Pt+2]. The monoisotopic (exact) mass is 943 g/mol. The fraction of sp³-hybridized carbons (Fsp3) is 0.130. The van der Waals surface area contributed by atoms with Crippen molar-refractivity contribution in [3.05, 3.63) is 222 Å². The first-order valence-corrected chi connectivity index (χ1v) is 20.2. The first kappa shape index (κ1) is 38.3. The van der Waals surface area contributed by atoms with Crippen LogP contribution in [-0.2, 0) is 26.5 Å². The van der Waals surface area contributed by atoms with Crippen molar-refractivity contribution >= 4 is 38.9 Å². The van der Waals surface area contributed by atoms with Crippen LogP contribution in [0.25, 0.3) is 38.8 Å². The molecule has 10 rings (SSSR count). The summed E-state index contributed by atoms with van der Waals surface area (Å²) in [5.74, 6) is 0.862. The largest absolute Gasteiger partial charge is 2.00 e. The molecule has 4 nitrogen and oxygen atoms in total. The van der Waals surface area contributed by atoms with E-state index in [1.54, 1.807) is 0 Å². The predicted molar refractivity (Wildman–Crippen MR) is 241 cm³/mol. The van der Waals surface area contributed by atoms with E-state index in [2.05, 4.69) is 224 Å². The van der Waals surface area contributed by atoms with Crippen molar-refractivity contribution in [1.82, 2.24) is 9.55 Å². The molecule has 7 aromatic carbocycles. The Balaban J connectivity index is 0.00000449. The maximum absolute atomic E-state index is 5.05. The summed E-state index contributed by atoms with van der Waals surface area (Å²) in [6.45, 7) is 9.65. The number of para-hydroxylation sites is 3. The van der Waals surface area contributed by atoms with Gasteiger partial charge in [0.15, 0.2) is 0 Å². The van der Waals surface area contributed by atoms with Gasteiger partial charge in [0, 0.05) is 23.2 Å². The third-order valence-electron chi connectivity index (χ3n) is 12.0. The number of hydrogen-bond donors (Lipinski definition) is 0. The number of fused-ring (bicyclic) bond motifs is 4. The second-order valence-electron chi connectivity index (χ2n) is 15.7. The summed E-state index contributed by atoms with van der Waals surface area (Å²) in [5, 5.41) is 2.30. The summed E-state index contributed by atoms with van der Waals surface area (Å²) in [4.78, 5) is 9.91. The molecule has 0 spiro atoms. The summed E-state index contributed by atoms with van der Waals surface area (Å²) in [6.07, 6.45) is 1.94. The van der Waals surface area contributed by atoms with Gasteiger partial charge in [0.2, 0.25) is 0 Å². The molecule has 0 radical (unpaired) electrons. The van der Waals surface area contributed by atoms with E-state index in [1.165, 1.54) is 33.5 Å². The van der Waals surface area contributed by atoms with Gasteiger partial charge in [-0.3, -0.25) is 0 Å². The van der Waals surface area contributed by atoms with Crippen molar-refractivity contribution < 1.29 is 21.1 Å². The van der Waals surface area contributed by atoms with E-state index in [9.17, 15) is 0 Å². The molecule has 9 aromatic rings. The Morgan fingerprint density at radius 2 is 1.22 bits per heavy atom. The molecule has 0 bridgehead atoms. The zero-order valence-electron chi connectivity index (χ0n) is 33.6. The molecule has 290 valence electrons. The number of benzene rings is 7. The maximum atomic E-state index is 5.05. The van der Waals surface area contributed by atoms with Crippen LogP contribution in [0.15, 0.2) is 176 Å². The van der Waals surface area contributed by atoms with Gasteiger partial charge in [0.1, 0.15) is 5.82 Å². The van der Waals surface area contributed by atoms with Crippen LogP contribution in [-0.4, -0.2) is 22.3 Å². The second-order valence-corrected chi connectivity index (χ2v) is 15.7. The minimum atomic E-state index is -0.765.